The second kappa shape index (κ2) is 4.03. The smallest absolute Gasteiger partial charge is 0.464 e. The van der Waals surface area contributed by atoms with Gasteiger partial charge >= 0.3 is 13.1 Å². The summed E-state index contributed by atoms with van der Waals surface area (Å²) >= 11 is 0. The fourth-order valence-electron chi connectivity index (χ4n) is 0.783. The van der Waals surface area contributed by atoms with Crippen LogP contribution in [-0.4, -0.2) is 40.2 Å². The van der Waals surface area contributed by atoms with Crippen molar-refractivity contribution in [1.82, 2.24) is 9.97 Å². The third-order valence-electron chi connectivity index (χ3n) is 1.46. The van der Waals surface area contributed by atoms with E-state index < -0.39 is 13.1 Å². The van der Waals surface area contributed by atoms with Crippen molar-refractivity contribution in [1.29, 1.82) is 0 Å². The Morgan fingerprint density at radius 2 is 2.29 bits per heavy atom. The Bertz CT molecular complexity index is 357. The number of nitrogens with two attached hydrogens (primary N) is 1. The van der Waals surface area contributed by atoms with Gasteiger partial charge in [0.25, 0.3) is 0 Å². The predicted octanol–water partition coefficient (Wildman–Crippen LogP) is -2.47. The van der Waals surface area contributed by atoms with Gasteiger partial charge in [0.2, 0.25) is 0 Å². The predicted molar refractivity (Wildman–Crippen MR) is 47.6 cm³/mol. The van der Waals surface area contributed by atoms with Gasteiger partial charge in [-0.2, -0.15) is 0 Å². The molecular formula is C6H8BN3O4. The van der Waals surface area contributed by atoms with Crippen LogP contribution in [0, 0.1) is 0 Å². The summed E-state index contributed by atoms with van der Waals surface area (Å²) in [6, 6.07) is 0. The second-order valence-corrected chi connectivity index (χ2v) is 2.39. The number of anilines is 1. The number of nitrogens with zero attached hydrogens (tertiary/aromatic N) is 2. The Morgan fingerprint density at radius 3 is 2.79 bits per heavy atom. The highest BCUT2D eigenvalue weighted by molar-refractivity contribution is 6.57. The molecule has 0 saturated heterocycles. The number of ether oxygens (including phenoxy) is 1. The number of esters is 1. The summed E-state index contributed by atoms with van der Waals surface area (Å²) in [6.45, 7) is 0. The molecule has 0 aliphatic carbocycles. The van der Waals surface area contributed by atoms with Gasteiger partial charge in [-0.15, -0.1) is 0 Å². The Kier molecular flexibility index (Phi) is 3.00. The minimum atomic E-state index is -1.80. The van der Waals surface area contributed by atoms with Gasteiger partial charge < -0.3 is 20.5 Å². The van der Waals surface area contributed by atoms with Gasteiger partial charge in [-0.3, -0.25) is 0 Å². The third-order valence-corrected chi connectivity index (χ3v) is 1.46. The average molecular weight is 197 g/mol. The molecule has 7 nitrogen and oxygen atoms in total. The van der Waals surface area contributed by atoms with Crippen LogP contribution in [0.1, 0.15) is 10.5 Å². The lowest BCUT2D eigenvalue weighted by Crippen LogP contribution is -2.35. The molecule has 74 valence electrons. The molecule has 1 aromatic heterocycles. The Hall–Kier alpha value is -1.67. The van der Waals surface area contributed by atoms with Crippen molar-refractivity contribution in [2.45, 2.75) is 0 Å². The van der Waals surface area contributed by atoms with E-state index in [9.17, 15) is 4.79 Å². The molecule has 0 saturated carbocycles. The summed E-state index contributed by atoms with van der Waals surface area (Å²) < 4.78 is 4.37. The van der Waals surface area contributed by atoms with Crippen LogP contribution >= 0.6 is 0 Å². The molecular weight excluding hydrogens is 189 g/mol. The number of nitrogen functional groups attached to an aromatic ring is 1. The first-order chi connectivity index (χ1) is 6.56. The van der Waals surface area contributed by atoms with E-state index in [0.717, 1.165) is 13.3 Å². The standard InChI is InChI=1S/C6H8BN3O4/c1-14-6(11)4-5(8)9-2-3(10-4)7(12)13/h2,12-13H,1H3,(H2,8,9). The maximum atomic E-state index is 11.0. The van der Waals surface area contributed by atoms with Crippen LogP contribution < -0.4 is 11.3 Å². The SMILES string of the molecule is COC(=O)c1nc(B(O)O)cnc1N. The van der Waals surface area contributed by atoms with E-state index in [0.29, 0.717) is 0 Å². The molecule has 0 radical (unpaired) electrons. The van der Waals surface area contributed by atoms with E-state index >= 15 is 0 Å². The van der Waals surface area contributed by atoms with E-state index in [2.05, 4.69) is 14.7 Å². The highest BCUT2D eigenvalue weighted by Gasteiger charge is 2.19. The average Bonchev–Trinajstić information content (AvgIpc) is 2.17. The lowest BCUT2D eigenvalue weighted by Gasteiger charge is -2.03. The van der Waals surface area contributed by atoms with Gasteiger partial charge in [-0.1, -0.05) is 0 Å². The first-order valence-electron chi connectivity index (χ1n) is 3.63. The zero-order valence-electron chi connectivity index (χ0n) is 7.34. The molecule has 8 heteroatoms. The highest BCUT2D eigenvalue weighted by atomic mass is 16.5. The number of rotatable bonds is 2. The van der Waals surface area contributed by atoms with Crippen molar-refractivity contribution in [3.63, 3.8) is 0 Å². The Balaban J connectivity index is 3.15. The fraction of sp³-hybridized carbons (Fsp3) is 0.167. The molecule has 0 aliphatic rings. The zero-order valence-corrected chi connectivity index (χ0v) is 7.34. The lowest BCUT2D eigenvalue weighted by atomic mass is 9.87. The Morgan fingerprint density at radius 1 is 1.64 bits per heavy atom. The van der Waals surface area contributed by atoms with Crippen LogP contribution in [0.2, 0.25) is 0 Å². The second-order valence-electron chi connectivity index (χ2n) is 2.39. The molecule has 0 unspecified atom stereocenters. The summed E-state index contributed by atoms with van der Waals surface area (Å²) in [4.78, 5) is 18.2. The molecule has 1 rings (SSSR count). The number of methoxy groups -OCH3 is 1. The molecule has 0 amide bonds. The molecule has 0 aromatic carbocycles. The van der Waals surface area contributed by atoms with Crippen LogP contribution in [0.5, 0.6) is 0 Å². The number of hydrogen-bond acceptors (Lipinski definition) is 7. The molecule has 4 N–H and O–H groups in total. The van der Waals surface area contributed by atoms with E-state index in [1.54, 1.807) is 0 Å². The van der Waals surface area contributed by atoms with Crippen molar-refractivity contribution < 1.29 is 19.6 Å². The minimum Gasteiger partial charge on any atom is -0.464 e. The minimum absolute atomic E-state index is 0.124. The number of hydrogen-bond donors (Lipinski definition) is 3. The maximum Gasteiger partial charge on any atom is 0.509 e. The van der Waals surface area contributed by atoms with Gasteiger partial charge in [-0.25, -0.2) is 14.8 Å². The highest BCUT2D eigenvalue weighted by Crippen LogP contribution is 2.03. The zero-order chi connectivity index (χ0) is 10.7. The van der Waals surface area contributed by atoms with E-state index in [1.165, 1.54) is 0 Å². The number of carbonyl (C=O) groups excluding carboxylic acids is 1. The van der Waals surface area contributed by atoms with Crippen molar-refractivity contribution in [3.05, 3.63) is 11.9 Å². The van der Waals surface area contributed by atoms with Gasteiger partial charge in [0, 0.05) is 6.20 Å². The van der Waals surface area contributed by atoms with Crippen LogP contribution in [0.3, 0.4) is 0 Å². The van der Waals surface area contributed by atoms with Gasteiger partial charge in [0.1, 0.15) is 0 Å². The quantitative estimate of drug-likeness (QED) is 0.354. The summed E-state index contributed by atoms with van der Waals surface area (Å²) in [6.07, 6.45) is 1.06. The first-order valence-corrected chi connectivity index (χ1v) is 3.63. The van der Waals surface area contributed by atoms with Crippen LogP contribution in [0.4, 0.5) is 5.82 Å². The fourth-order valence-corrected chi connectivity index (χ4v) is 0.783. The summed E-state index contributed by atoms with van der Waals surface area (Å²) in [5.74, 6) is -0.904. The molecule has 0 spiro atoms. The summed E-state index contributed by atoms with van der Waals surface area (Å²) in [5.41, 5.74) is 4.92. The summed E-state index contributed by atoms with van der Waals surface area (Å²) in [5, 5.41) is 17.5. The van der Waals surface area contributed by atoms with Crippen molar-refractivity contribution >= 4 is 24.5 Å². The molecule has 0 fully saturated rings. The van der Waals surface area contributed by atoms with Crippen LogP contribution in [0.25, 0.3) is 0 Å². The molecule has 0 atom stereocenters. The summed E-state index contributed by atoms with van der Waals surface area (Å²) in [7, 11) is -0.641. The van der Waals surface area contributed by atoms with E-state index in [-0.39, 0.29) is 17.1 Å². The molecule has 1 heterocycles. The molecule has 0 aliphatic heterocycles. The normalized spacial score (nSPS) is 9.64. The van der Waals surface area contributed by atoms with E-state index in [1.807, 2.05) is 0 Å². The van der Waals surface area contributed by atoms with Crippen LogP contribution in [0.15, 0.2) is 6.20 Å². The maximum absolute atomic E-state index is 11.0. The lowest BCUT2D eigenvalue weighted by molar-refractivity contribution is 0.0595. The number of carbonyl (C=O) groups is 1. The van der Waals surface area contributed by atoms with Gasteiger partial charge in [-0.05, 0) is 0 Å². The monoisotopic (exact) mass is 197 g/mol. The molecule has 14 heavy (non-hydrogen) atoms. The topological polar surface area (TPSA) is 119 Å². The molecule has 0 bridgehead atoms. The van der Waals surface area contributed by atoms with Gasteiger partial charge in [0.15, 0.2) is 11.5 Å². The van der Waals surface area contributed by atoms with Crippen LogP contribution in [-0.2, 0) is 4.74 Å². The van der Waals surface area contributed by atoms with Crippen molar-refractivity contribution in [3.8, 4) is 0 Å². The third kappa shape index (κ3) is 1.98. The van der Waals surface area contributed by atoms with Gasteiger partial charge in [0.05, 0.1) is 12.7 Å². The molecule has 1 aromatic rings. The first kappa shape index (κ1) is 10.4. The number of aromatic nitrogens is 2. The van der Waals surface area contributed by atoms with Crippen molar-refractivity contribution in [2.24, 2.45) is 0 Å². The largest absolute Gasteiger partial charge is 0.509 e. The van der Waals surface area contributed by atoms with E-state index in [4.69, 9.17) is 15.8 Å². The Labute approximate surface area is 79.7 Å². The van der Waals surface area contributed by atoms with Crippen molar-refractivity contribution in [2.75, 3.05) is 12.8 Å².